The Morgan fingerprint density at radius 1 is 1.12 bits per heavy atom. The summed E-state index contributed by atoms with van der Waals surface area (Å²) < 4.78 is 0. The molecule has 2 aliphatic carbocycles. The molecule has 2 amide bonds. The summed E-state index contributed by atoms with van der Waals surface area (Å²) >= 11 is 2.76. The maximum absolute atomic E-state index is 13.3. The highest BCUT2D eigenvalue weighted by Crippen LogP contribution is 2.68. The van der Waals surface area contributed by atoms with Crippen LogP contribution >= 0.6 is 23.1 Å². The fourth-order valence-corrected chi connectivity index (χ4v) is 9.48. The number of hydrogen-bond acceptors (Lipinski definition) is 7. The number of H-pyrrole nitrogens is 1. The molecule has 3 N–H and O–H groups in total. The lowest BCUT2D eigenvalue weighted by molar-refractivity contribution is -0.154. The number of likely N-dealkylation sites (tertiary alicyclic amines) is 1. The number of nitrogens with one attached hydrogen (secondary N) is 1. The molecule has 32 heavy (non-hydrogen) atoms. The molecule has 1 saturated heterocycles. The SMILES string of the molecule is C[C@H](C(=O)O)N1C(=O)[C@H]2[C@@H]3C[C@@H]([C@@H]2C1=O)[C@H]1[C@H](c2ccc(O)cc2)c2sc(=O)[nH]c2S[C@H]31. The van der Waals surface area contributed by atoms with Crippen LogP contribution in [0.3, 0.4) is 0 Å². The molecule has 4 aliphatic rings. The third-order valence-corrected chi connectivity index (χ3v) is 10.3. The molecule has 3 heterocycles. The second-order valence-corrected chi connectivity index (χ2v) is 11.3. The number of benzene rings is 1. The van der Waals surface area contributed by atoms with Gasteiger partial charge in [0.25, 0.3) is 0 Å². The standard InChI is InChI=1S/C22H20N2O6S2/c1-7(21(28)29)24-19(26)14-10-6-11(15(14)20(24)27)16-13(10)12(8-2-4-9(25)5-3-8)17-18(31-16)23-22(30)32-17/h2-5,7,10-16,25H,6H2,1H3,(H,23,30)(H,28,29)/t7-,10-,11+,12+,13+,14+,15+,16-/m1/s1. The Morgan fingerprint density at radius 2 is 1.78 bits per heavy atom. The second-order valence-electron chi connectivity index (χ2n) is 9.11. The molecule has 2 aliphatic heterocycles. The quantitative estimate of drug-likeness (QED) is 0.584. The molecule has 8 atom stereocenters. The number of aliphatic carboxylic acids is 1. The van der Waals surface area contributed by atoms with Crippen molar-refractivity contribution >= 4 is 40.9 Å². The highest BCUT2D eigenvalue weighted by Gasteiger charge is 2.70. The maximum Gasteiger partial charge on any atom is 0.326 e. The molecular formula is C22H20N2O6S2. The van der Waals surface area contributed by atoms with Crippen molar-refractivity contribution in [3.05, 3.63) is 44.4 Å². The van der Waals surface area contributed by atoms with Crippen molar-refractivity contribution in [3.63, 3.8) is 0 Å². The molecule has 6 rings (SSSR count). The summed E-state index contributed by atoms with van der Waals surface area (Å²) in [5.41, 5.74) is 0.964. The van der Waals surface area contributed by atoms with E-state index in [9.17, 15) is 29.4 Å². The number of aromatic hydroxyl groups is 1. The topological polar surface area (TPSA) is 128 Å². The van der Waals surface area contributed by atoms with Gasteiger partial charge in [-0.2, -0.15) is 0 Å². The van der Waals surface area contributed by atoms with Crippen LogP contribution < -0.4 is 4.87 Å². The van der Waals surface area contributed by atoms with Gasteiger partial charge in [0, 0.05) is 16.0 Å². The van der Waals surface area contributed by atoms with E-state index in [-0.39, 0.29) is 51.4 Å². The number of amides is 2. The monoisotopic (exact) mass is 472 g/mol. The van der Waals surface area contributed by atoms with Gasteiger partial charge >= 0.3 is 10.8 Å². The highest BCUT2D eigenvalue weighted by atomic mass is 32.2. The van der Waals surface area contributed by atoms with Gasteiger partial charge in [-0.25, -0.2) is 4.79 Å². The molecular weight excluding hydrogens is 452 g/mol. The van der Waals surface area contributed by atoms with Crippen LogP contribution in [0.4, 0.5) is 0 Å². The normalized spacial score (nSPS) is 35.5. The number of aromatic amines is 1. The summed E-state index contributed by atoms with van der Waals surface area (Å²) in [6, 6.07) is 5.77. The number of phenolic OH excluding ortho intramolecular Hbond substituents is 1. The summed E-state index contributed by atoms with van der Waals surface area (Å²) in [6.45, 7) is 1.38. The average Bonchev–Trinajstić information content (AvgIpc) is 3.47. The molecule has 2 saturated carbocycles. The third-order valence-electron chi connectivity index (χ3n) is 7.75. The van der Waals surface area contributed by atoms with Crippen molar-refractivity contribution in [2.75, 3.05) is 0 Å². The fraction of sp³-hybridized carbons (Fsp3) is 0.455. The van der Waals surface area contributed by atoms with Gasteiger partial charge in [0.05, 0.1) is 16.9 Å². The van der Waals surface area contributed by atoms with Crippen LogP contribution in [0, 0.1) is 29.6 Å². The Kier molecular flexibility index (Phi) is 4.20. The van der Waals surface area contributed by atoms with E-state index in [0.717, 1.165) is 26.8 Å². The summed E-state index contributed by atoms with van der Waals surface area (Å²) in [5.74, 6) is -2.95. The predicted octanol–water partition coefficient (Wildman–Crippen LogP) is 2.09. The molecule has 0 spiro atoms. The first kappa shape index (κ1) is 20.0. The maximum atomic E-state index is 13.3. The largest absolute Gasteiger partial charge is 0.508 e. The van der Waals surface area contributed by atoms with Gasteiger partial charge in [0.2, 0.25) is 11.8 Å². The summed E-state index contributed by atoms with van der Waals surface area (Å²) in [5, 5.41) is 20.1. The van der Waals surface area contributed by atoms with E-state index in [4.69, 9.17) is 0 Å². The number of carbonyl (C=O) groups is 3. The molecule has 8 nitrogen and oxygen atoms in total. The number of fused-ring (bicyclic) bond motifs is 9. The second kappa shape index (κ2) is 6.71. The van der Waals surface area contributed by atoms with E-state index in [1.165, 1.54) is 18.3 Å². The summed E-state index contributed by atoms with van der Waals surface area (Å²) in [7, 11) is 0. The van der Waals surface area contributed by atoms with Crippen molar-refractivity contribution in [1.82, 2.24) is 9.88 Å². The number of carboxylic acids is 1. The lowest BCUT2D eigenvalue weighted by Gasteiger charge is -2.43. The molecule has 3 fully saturated rings. The van der Waals surface area contributed by atoms with Crippen LogP contribution in [0.25, 0.3) is 0 Å². The van der Waals surface area contributed by atoms with Crippen LogP contribution in [0.15, 0.2) is 34.1 Å². The van der Waals surface area contributed by atoms with Gasteiger partial charge in [0.15, 0.2) is 0 Å². The van der Waals surface area contributed by atoms with Crippen LogP contribution in [0.1, 0.15) is 29.7 Å². The highest BCUT2D eigenvalue weighted by molar-refractivity contribution is 8.00. The number of phenols is 1. The van der Waals surface area contributed by atoms with Crippen molar-refractivity contribution in [3.8, 4) is 5.75 Å². The zero-order valence-electron chi connectivity index (χ0n) is 16.9. The van der Waals surface area contributed by atoms with Gasteiger partial charge in [0.1, 0.15) is 11.8 Å². The molecule has 0 unspecified atom stereocenters. The van der Waals surface area contributed by atoms with E-state index in [2.05, 4.69) is 4.98 Å². The first-order chi connectivity index (χ1) is 15.3. The Morgan fingerprint density at radius 3 is 2.44 bits per heavy atom. The minimum Gasteiger partial charge on any atom is -0.508 e. The number of thiazole rings is 1. The number of nitrogens with zero attached hydrogens (tertiary/aromatic N) is 1. The molecule has 2 aromatic rings. The molecule has 1 aromatic carbocycles. The van der Waals surface area contributed by atoms with Crippen molar-refractivity contribution in [2.24, 2.45) is 29.6 Å². The van der Waals surface area contributed by atoms with Crippen molar-refractivity contribution < 1.29 is 24.6 Å². The first-order valence-corrected chi connectivity index (χ1v) is 12.3. The molecule has 1 aromatic heterocycles. The number of carboxylic acid groups (broad SMARTS) is 1. The molecule has 2 bridgehead atoms. The number of aromatic nitrogens is 1. The van der Waals surface area contributed by atoms with Crippen LogP contribution in [0.2, 0.25) is 0 Å². The van der Waals surface area contributed by atoms with Gasteiger partial charge in [-0.05, 0) is 48.8 Å². The van der Waals surface area contributed by atoms with Gasteiger partial charge in [-0.1, -0.05) is 23.5 Å². The zero-order valence-corrected chi connectivity index (χ0v) is 18.6. The Balaban J connectivity index is 1.45. The number of imide groups is 1. The van der Waals surface area contributed by atoms with E-state index >= 15 is 0 Å². The number of carbonyl (C=O) groups excluding carboxylic acids is 2. The summed E-state index contributed by atoms with van der Waals surface area (Å²) in [6.07, 6.45) is 0.748. The minimum absolute atomic E-state index is 0.0430. The Labute approximate surface area is 190 Å². The predicted molar refractivity (Wildman–Crippen MR) is 116 cm³/mol. The van der Waals surface area contributed by atoms with Gasteiger partial charge in [-0.15, -0.1) is 11.8 Å². The van der Waals surface area contributed by atoms with E-state index in [0.29, 0.717) is 0 Å². The molecule has 10 heteroatoms. The van der Waals surface area contributed by atoms with Crippen LogP contribution in [-0.4, -0.2) is 49.2 Å². The van der Waals surface area contributed by atoms with Crippen molar-refractivity contribution in [2.45, 2.75) is 35.6 Å². The average molecular weight is 473 g/mol. The smallest absolute Gasteiger partial charge is 0.326 e. The van der Waals surface area contributed by atoms with Crippen LogP contribution in [-0.2, 0) is 14.4 Å². The van der Waals surface area contributed by atoms with Gasteiger partial charge in [-0.3, -0.25) is 19.3 Å². The third kappa shape index (κ3) is 2.50. The van der Waals surface area contributed by atoms with E-state index in [1.807, 2.05) is 12.1 Å². The van der Waals surface area contributed by atoms with Crippen LogP contribution in [0.5, 0.6) is 5.75 Å². The Bertz CT molecular complexity index is 1220. The van der Waals surface area contributed by atoms with Gasteiger partial charge < -0.3 is 15.2 Å². The Hall–Kier alpha value is -2.59. The number of thioether (sulfide) groups is 1. The van der Waals surface area contributed by atoms with Crippen molar-refractivity contribution in [1.29, 1.82) is 0 Å². The fourth-order valence-electron chi connectivity index (χ4n) is 6.59. The van der Waals surface area contributed by atoms with E-state index in [1.54, 1.807) is 23.9 Å². The molecule has 0 radical (unpaired) electrons. The summed E-state index contributed by atoms with van der Waals surface area (Å²) in [4.78, 5) is 54.9. The number of rotatable bonds is 3. The lowest BCUT2D eigenvalue weighted by Crippen LogP contribution is -2.44. The zero-order chi connectivity index (χ0) is 22.5. The minimum atomic E-state index is -1.19. The number of hydrogen-bond donors (Lipinski definition) is 3. The van der Waals surface area contributed by atoms with E-state index < -0.39 is 23.8 Å². The lowest BCUT2D eigenvalue weighted by atomic mass is 9.68. The first-order valence-electron chi connectivity index (χ1n) is 10.6. The molecule has 166 valence electrons.